The lowest BCUT2D eigenvalue weighted by Crippen LogP contribution is -2.55. The lowest BCUT2D eigenvalue weighted by Gasteiger charge is -2.26. The Hall–Kier alpha value is -4.55. The molecule has 0 unspecified atom stereocenters. The Bertz CT molecular complexity index is 1550. The lowest BCUT2D eigenvalue weighted by molar-refractivity contribution is -0.133. The second kappa shape index (κ2) is 13.6. The molecule has 3 amide bonds. The number of aromatic nitrogens is 4. The number of hydrogen-bond acceptors (Lipinski definition) is 7. The summed E-state index contributed by atoms with van der Waals surface area (Å²) in [5.74, 6) is -1.38. The van der Waals surface area contributed by atoms with Gasteiger partial charge in [0.15, 0.2) is 0 Å². The number of amides is 3. The number of aliphatic hydroxyl groups is 1. The van der Waals surface area contributed by atoms with Crippen LogP contribution < -0.4 is 21.7 Å². The van der Waals surface area contributed by atoms with Gasteiger partial charge in [-0.25, -0.2) is 4.68 Å². The number of carbonyl (C=O) groups is 3. The molecule has 1 aliphatic rings. The second-order valence-corrected chi connectivity index (χ2v) is 11.0. The molecule has 2 bridgehead atoms. The van der Waals surface area contributed by atoms with Crippen molar-refractivity contribution in [3.05, 3.63) is 83.8 Å². The average molecular weight is 587 g/mol. The molecule has 3 heterocycles. The van der Waals surface area contributed by atoms with Gasteiger partial charge in [-0.05, 0) is 49.9 Å². The fourth-order valence-corrected chi connectivity index (χ4v) is 5.46. The molecule has 5 rings (SSSR count). The number of nitrogens with one attached hydrogen (secondary N) is 4. The van der Waals surface area contributed by atoms with Gasteiger partial charge in [0.1, 0.15) is 29.9 Å². The van der Waals surface area contributed by atoms with Crippen molar-refractivity contribution in [1.29, 1.82) is 0 Å². The van der Waals surface area contributed by atoms with Crippen molar-refractivity contribution in [1.82, 2.24) is 35.9 Å². The van der Waals surface area contributed by atoms with Gasteiger partial charge in [0.05, 0.1) is 12.3 Å². The van der Waals surface area contributed by atoms with Crippen molar-refractivity contribution in [2.45, 2.75) is 69.3 Å². The molecule has 0 spiro atoms. The molecule has 5 atom stereocenters. The molecule has 4 aromatic rings. The molecule has 0 saturated heterocycles. The van der Waals surface area contributed by atoms with Crippen LogP contribution in [-0.4, -0.2) is 67.5 Å². The zero-order chi connectivity index (χ0) is 30.3. The number of nitrogens with two attached hydrogens (primary N) is 1. The number of fused-ring (bicyclic) bond motifs is 3. The predicted octanol–water partition coefficient (Wildman–Crippen LogP) is 1.44. The standard InChI is InChI=1S/C31H38N8O4/c1-19(40)28-26-18-39(38-37-26)27(15-20-9-3-2-4-10-20)31(43)35-25(16-21-17-33-23-12-6-5-11-22(21)23)30(42)34-24(29(41)36-28)13-7-8-14-32/h2-6,9-12,17-19,24-25,27-28,33,40H,7-8,13-16,32H2,1H3,(H,34,42)(H,35,43)(H,36,41)/t19-,24+,25-,27+,28+/m1/s1. The van der Waals surface area contributed by atoms with Crippen LogP contribution in [0.3, 0.4) is 0 Å². The van der Waals surface area contributed by atoms with E-state index in [9.17, 15) is 19.5 Å². The number of aromatic amines is 1. The van der Waals surface area contributed by atoms with E-state index in [2.05, 4.69) is 31.2 Å². The highest BCUT2D eigenvalue weighted by Crippen LogP contribution is 2.22. The summed E-state index contributed by atoms with van der Waals surface area (Å²) in [4.78, 5) is 44.7. The molecule has 12 nitrogen and oxygen atoms in total. The van der Waals surface area contributed by atoms with E-state index in [1.54, 1.807) is 6.20 Å². The van der Waals surface area contributed by atoms with E-state index in [1.165, 1.54) is 11.6 Å². The number of rotatable bonds is 9. The number of nitrogens with zero attached hydrogens (tertiary/aromatic N) is 3. The first-order valence-corrected chi connectivity index (χ1v) is 14.6. The van der Waals surface area contributed by atoms with Crippen LogP contribution in [0, 0.1) is 0 Å². The van der Waals surface area contributed by atoms with Gasteiger partial charge >= 0.3 is 0 Å². The van der Waals surface area contributed by atoms with Gasteiger partial charge in [-0.3, -0.25) is 14.4 Å². The summed E-state index contributed by atoms with van der Waals surface area (Å²) in [6.45, 7) is 1.99. The van der Waals surface area contributed by atoms with E-state index in [1.807, 2.05) is 60.8 Å². The van der Waals surface area contributed by atoms with Gasteiger partial charge in [-0.15, -0.1) is 5.10 Å². The van der Waals surface area contributed by atoms with E-state index in [0.29, 0.717) is 31.5 Å². The first-order chi connectivity index (χ1) is 20.8. The van der Waals surface area contributed by atoms with Crippen molar-refractivity contribution in [2.24, 2.45) is 5.73 Å². The average Bonchev–Trinajstić information content (AvgIpc) is 3.65. The van der Waals surface area contributed by atoms with Gasteiger partial charge in [-0.2, -0.15) is 0 Å². The molecule has 0 saturated carbocycles. The van der Waals surface area contributed by atoms with Gasteiger partial charge in [0, 0.05) is 29.9 Å². The smallest absolute Gasteiger partial charge is 0.245 e. The topological polar surface area (TPSA) is 180 Å². The second-order valence-electron chi connectivity index (χ2n) is 11.0. The minimum Gasteiger partial charge on any atom is -0.391 e. The van der Waals surface area contributed by atoms with Crippen LogP contribution >= 0.6 is 0 Å². The zero-order valence-electron chi connectivity index (χ0n) is 24.1. The molecule has 2 aromatic carbocycles. The maximum atomic E-state index is 14.0. The quantitative estimate of drug-likeness (QED) is 0.161. The molecule has 43 heavy (non-hydrogen) atoms. The fraction of sp³-hybridized carbons (Fsp3) is 0.387. The zero-order valence-corrected chi connectivity index (χ0v) is 24.1. The van der Waals surface area contributed by atoms with E-state index in [-0.39, 0.29) is 12.8 Å². The number of hydrogen-bond donors (Lipinski definition) is 6. The SMILES string of the molecule is C[C@@H](O)[C@@H]1NC(=O)[C@H](CCCCN)NC(=O)[C@@H](Cc2c[nH]c3ccccc23)NC(=O)[C@H](Cc2ccccc2)n2cc1nn2. The number of unbranched alkanes of at least 4 members (excludes halogenated alkanes) is 1. The van der Waals surface area contributed by atoms with Gasteiger partial charge in [-0.1, -0.05) is 53.7 Å². The maximum absolute atomic E-state index is 14.0. The van der Waals surface area contributed by atoms with Gasteiger partial charge < -0.3 is 31.8 Å². The van der Waals surface area contributed by atoms with Crippen LogP contribution in [0.5, 0.6) is 0 Å². The van der Waals surface area contributed by atoms with Crippen LogP contribution in [0.1, 0.15) is 55.1 Å². The Balaban J connectivity index is 1.54. The molecule has 226 valence electrons. The molecule has 0 aliphatic carbocycles. The molecular weight excluding hydrogens is 548 g/mol. The number of H-pyrrole nitrogens is 1. The summed E-state index contributed by atoms with van der Waals surface area (Å²) in [5, 5.41) is 28.7. The van der Waals surface area contributed by atoms with Crippen LogP contribution in [0.2, 0.25) is 0 Å². The number of para-hydroxylation sites is 1. The van der Waals surface area contributed by atoms with E-state index in [0.717, 1.165) is 22.0 Å². The molecule has 12 heteroatoms. The number of aliphatic hydroxyl groups excluding tert-OH is 1. The highest BCUT2D eigenvalue weighted by molar-refractivity contribution is 5.94. The number of carbonyl (C=O) groups excluding carboxylic acids is 3. The Morgan fingerprint density at radius 1 is 0.907 bits per heavy atom. The van der Waals surface area contributed by atoms with E-state index >= 15 is 0 Å². The Labute approximate surface area is 249 Å². The maximum Gasteiger partial charge on any atom is 0.245 e. The largest absolute Gasteiger partial charge is 0.391 e. The van der Waals surface area contributed by atoms with E-state index in [4.69, 9.17) is 5.73 Å². The monoisotopic (exact) mass is 586 g/mol. The van der Waals surface area contributed by atoms with Gasteiger partial charge in [0.2, 0.25) is 17.7 Å². The summed E-state index contributed by atoms with van der Waals surface area (Å²) in [5.41, 5.74) is 8.64. The molecule has 0 fully saturated rings. The van der Waals surface area contributed by atoms with Gasteiger partial charge in [0.25, 0.3) is 0 Å². The molecule has 7 N–H and O–H groups in total. The lowest BCUT2D eigenvalue weighted by atomic mass is 10.0. The Morgan fingerprint density at radius 3 is 2.40 bits per heavy atom. The fourth-order valence-electron chi connectivity index (χ4n) is 5.46. The van der Waals surface area contributed by atoms with Crippen LogP contribution in [0.25, 0.3) is 10.9 Å². The van der Waals surface area contributed by atoms with Crippen molar-refractivity contribution in [2.75, 3.05) is 6.54 Å². The third-order valence-electron chi connectivity index (χ3n) is 7.83. The minimum atomic E-state index is -1.02. The van der Waals surface area contributed by atoms with Crippen LogP contribution in [0.4, 0.5) is 0 Å². The predicted molar refractivity (Wildman–Crippen MR) is 161 cm³/mol. The Morgan fingerprint density at radius 2 is 1.63 bits per heavy atom. The highest BCUT2D eigenvalue weighted by Gasteiger charge is 2.34. The molecular formula is C31H38N8O4. The first-order valence-electron chi connectivity index (χ1n) is 14.6. The molecule has 1 aliphatic heterocycles. The normalized spacial score (nSPS) is 22.1. The minimum absolute atomic E-state index is 0.190. The van der Waals surface area contributed by atoms with Crippen LogP contribution in [-0.2, 0) is 27.2 Å². The summed E-state index contributed by atoms with van der Waals surface area (Å²) in [6, 6.07) is 13.5. The summed E-state index contributed by atoms with van der Waals surface area (Å²) in [6.07, 6.45) is 4.45. The summed E-state index contributed by atoms with van der Waals surface area (Å²) >= 11 is 0. The van der Waals surface area contributed by atoms with Crippen molar-refractivity contribution in [3.8, 4) is 0 Å². The van der Waals surface area contributed by atoms with Crippen molar-refractivity contribution >= 4 is 28.6 Å². The molecule has 2 aromatic heterocycles. The summed E-state index contributed by atoms with van der Waals surface area (Å²) in [7, 11) is 0. The third-order valence-corrected chi connectivity index (χ3v) is 7.83. The van der Waals surface area contributed by atoms with Crippen molar-refractivity contribution in [3.63, 3.8) is 0 Å². The van der Waals surface area contributed by atoms with Crippen LogP contribution in [0.15, 0.2) is 67.0 Å². The Kier molecular flexibility index (Phi) is 9.48. The number of benzene rings is 2. The van der Waals surface area contributed by atoms with Crippen molar-refractivity contribution < 1.29 is 19.5 Å². The third kappa shape index (κ3) is 7.09. The summed E-state index contributed by atoms with van der Waals surface area (Å²) < 4.78 is 1.43. The first kappa shape index (κ1) is 29.9. The highest BCUT2D eigenvalue weighted by atomic mass is 16.3. The van der Waals surface area contributed by atoms with E-state index < -0.39 is 48.0 Å². The molecule has 0 radical (unpaired) electrons.